The van der Waals surface area contributed by atoms with Gasteiger partial charge in [0.2, 0.25) is 0 Å². The topological polar surface area (TPSA) is 155 Å². The van der Waals surface area contributed by atoms with Crippen LogP contribution in [-0.2, 0) is 9.59 Å². The van der Waals surface area contributed by atoms with Crippen LogP contribution in [0.2, 0.25) is 0 Å². The van der Waals surface area contributed by atoms with E-state index in [1.54, 1.807) is 0 Å². The number of nitro benzene ring substituents is 1. The van der Waals surface area contributed by atoms with Crippen molar-refractivity contribution >= 4 is 29.5 Å². The molecule has 0 spiro atoms. The van der Waals surface area contributed by atoms with Crippen LogP contribution in [0.5, 0.6) is 0 Å². The molecule has 0 radical (unpaired) electrons. The van der Waals surface area contributed by atoms with Gasteiger partial charge in [0.15, 0.2) is 5.76 Å². The minimum atomic E-state index is -1.52. The van der Waals surface area contributed by atoms with Gasteiger partial charge in [-0.25, -0.2) is 0 Å². The smallest absolute Gasteiger partial charge is 0.291 e. The molecule has 2 aromatic rings. The first-order valence-corrected chi connectivity index (χ1v) is 7.60. The van der Waals surface area contributed by atoms with Crippen molar-refractivity contribution in [3.8, 4) is 0 Å². The molecule has 0 aliphatic carbocycles. The lowest BCUT2D eigenvalue weighted by atomic mass is 10.1. The number of benzene rings is 1. The Hall–Kier alpha value is -3.95. The average molecular weight is 372 g/mol. The molecule has 1 heterocycles. The summed E-state index contributed by atoms with van der Waals surface area (Å²) in [7, 11) is 0. The van der Waals surface area contributed by atoms with Crippen molar-refractivity contribution in [1.82, 2.24) is 10.6 Å². The molecule has 1 aromatic heterocycles. The van der Waals surface area contributed by atoms with Gasteiger partial charge in [0.25, 0.3) is 17.5 Å². The van der Waals surface area contributed by atoms with Crippen LogP contribution in [0.1, 0.15) is 23.0 Å². The van der Waals surface area contributed by atoms with Gasteiger partial charge < -0.3 is 25.0 Å². The van der Waals surface area contributed by atoms with Crippen LogP contribution < -0.4 is 15.7 Å². The Morgan fingerprint density at radius 1 is 1.22 bits per heavy atom. The number of hydrogen-bond donors (Lipinski definition) is 2. The number of non-ortho nitro benzene ring substituents is 1. The maximum Gasteiger partial charge on any atom is 0.291 e. The first kappa shape index (κ1) is 19.4. The van der Waals surface area contributed by atoms with E-state index in [1.807, 2.05) is 0 Å². The fraction of sp³-hybridized carbons (Fsp3) is 0.118. The average Bonchev–Trinajstić information content (AvgIpc) is 3.16. The van der Waals surface area contributed by atoms with Crippen molar-refractivity contribution in [2.75, 3.05) is 0 Å². The number of furan rings is 1. The van der Waals surface area contributed by atoms with Gasteiger partial charge in [0.05, 0.1) is 23.2 Å². The molecule has 0 saturated heterocycles. The molecule has 0 aliphatic heterocycles. The first-order chi connectivity index (χ1) is 12.8. The normalized spacial score (nSPS) is 12.1. The maximum absolute atomic E-state index is 12.3. The van der Waals surface area contributed by atoms with E-state index in [1.165, 1.54) is 55.7 Å². The van der Waals surface area contributed by atoms with Crippen LogP contribution in [0.25, 0.3) is 6.08 Å². The molecule has 2 amide bonds. The van der Waals surface area contributed by atoms with Crippen molar-refractivity contribution < 1.29 is 28.8 Å². The SMILES string of the molecule is C[C@H](NC(=O)/C(=C\c1cccc([N+](=O)[O-])c1)NC(=O)c1ccco1)C(=O)[O-]. The lowest BCUT2D eigenvalue weighted by Gasteiger charge is -2.16. The number of aliphatic carboxylic acids is 1. The summed E-state index contributed by atoms with van der Waals surface area (Å²) >= 11 is 0. The molecule has 10 nitrogen and oxygen atoms in total. The molecular weight excluding hydrogens is 358 g/mol. The number of carboxylic acids is 1. The predicted octanol–water partition coefficient (Wildman–Crippen LogP) is 0.213. The molecule has 10 heteroatoms. The quantitative estimate of drug-likeness (QED) is 0.400. The summed E-state index contributed by atoms with van der Waals surface area (Å²) in [5.74, 6) is -3.28. The van der Waals surface area contributed by atoms with E-state index < -0.39 is 28.7 Å². The number of carboxylic acid groups (broad SMARTS) is 1. The Kier molecular flexibility index (Phi) is 6.05. The zero-order valence-corrected chi connectivity index (χ0v) is 14.0. The van der Waals surface area contributed by atoms with E-state index in [2.05, 4.69) is 10.6 Å². The standard InChI is InChI=1S/C17H15N3O7/c1-10(17(23)24)18-15(21)13(19-16(22)14-6-3-7-27-14)9-11-4-2-5-12(8-11)20(25)26/h2-10H,1H3,(H,18,21)(H,19,22)(H,23,24)/p-1/b13-9+/t10-/m0/s1. The van der Waals surface area contributed by atoms with Gasteiger partial charge in [-0.15, -0.1) is 0 Å². The number of nitrogens with one attached hydrogen (secondary N) is 2. The van der Waals surface area contributed by atoms with E-state index in [9.17, 15) is 29.6 Å². The molecule has 27 heavy (non-hydrogen) atoms. The molecule has 2 N–H and O–H groups in total. The summed E-state index contributed by atoms with van der Waals surface area (Å²) in [6.45, 7) is 1.19. The monoisotopic (exact) mass is 372 g/mol. The van der Waals surface area contributed by atoms with Crippen LogP contribution in [-0.4, -0.2) is 28.7 Å². The molecule has 0 unspecified atom stereocenters. The Balaban J connectivity index is 2.34. The van der Waals surface area contributed by atoms with Gasteiger partial charge in [-0.2, -0.15) is 0 Å². The minimum absolute atomic E-state index is 0.0827. The fourth-order valence-corrected chi connectivity index (χ4v) is 1.98. The molecular formula is C17H14N3O7-. The molecule has 140 valence electrons. The summed E-state index contributed by atoms with van der Waals surface area (Å²) in [6.07, 6.45) is 2.43. The highest BCUT2D eigenvalue weighted by atomic mass is 16.6. The Labute approximate surface area is 152 Å². The minimum Gasteiger partial charge on any atom is -0.548 e. The maximum atomic E-state index is 12.3. The van der Waals surface area contributed by atoms with Crippen molar-refractivity contribution in [2.24, 2.45) is 0 Å². The summed E-state index contributed by atoms with van der Waals surface area (Å²) in [5.41, 5.74) is -0.302. The lowest BCUT2D eigenvalue weighted by molar-refractivity contribution is -0.384. The highest BCUT2D eigenvalue weighted by Crippen LogP contribution is 2.15. The van der Waals surface area contributed by atoms with Gasteiger partial charge in [-0.1, -0.05) is 12.1 Å². The third-order valence-corrected chi connectivity index (χ3v) is 3.33. The molecule has 0 aliphatic rings. The van der Waals surface area contributed by atoms with Crippen LogP contribution in [0.4, 0.5) is 5.69 Å². The van der Waals surface area contributed by atoms with Crippen LogP contribution in [0, 0.1) is 10.1 Å². The molecule has 0 fully saturated rings. The van der Waals surface area contributed by atoms with Gasteiger partial charge in [-0.05, 0) is 30.7 Å². The molecule has 0 bridgehead atoms. The third-order valence-electron chi connectivity index (χ3n) is 3.33. The second-order valence-electron chi connectivity index (χ2n) is 5.36. The fourth-order valence-electron chi connectivity index (χ4n) is 1.98. The first-order valence-electron chi connectivity index (χ1n) is 7.60. The van der Waals surface area contributed by atoms with Gasteiger partial charge in [0, 0.05) is 12.1 Å². The molecule has 1 aromatic carbocycles. The molecule has 2 rings (SSSR count). The summed E-state index contributed by atoms with van der Waals surface area (Å²) in [4.78, 5) is 45.6. The third kappa shape index (κ3) is 5.26. The Morgan fingerprint density at radius 3 is 2.56 bits per heavy atom. The second-order valence-corrected chi connectivity index (χ2v) is 5.36. The van der Waals surface area contributed by atoms with E-state index >= 15 is 0 Å². The zero-order chi connectivity index (χ0) is 20.0. The predicted molar refractivity (Wildman–Crippen MR) is 89.9 cm³/mol. The number of rotatable bonds is 7. The summed E-state index contributed by atoms with van der Waals surface area (Å²) in [6, 6.07) is 6.83. The molecule has 1 atom stereocenters. The van der Waals surface area contributed by atoms with E-state index in [0.29, 0.717) is 0 Å². The van der Waals surface area contributed by atoms with Gasteiger partial charge in [0.1, 0.15) is 5.70 Å². The number of nitrogens with zero attached hydrogens (tertiary/aromatic N) is 1. The van der Waals surface area contributed by atoms with Crippen LogP contribution in [0.15, 0.2) is 52.8 Å². The lowest BCUT2D eigenvalue weighted by Crippen LogP contribution is -2.48. The van der Waals surface area contributed by atoms with Crippen LogP contribution in [0.3, 0.4) is 0 Å². The van der Waals surface area contributed by atoms with Crippen molar-refractivity contribution in [3.63, 3.8) is 0 Å². The van der Waals surface area contributed by atoms with E-state index in [0.717, 1.165) is 0 Å². The van der Waals surface area contributed by atoms with E-state index in [4.69, 9.17) is 4.42 Å². The zero-order valence-electron chi connectivity index (χ0n) is 14.0. The number of carbonyl (C=O) groups is 3. The van der Waals surface area contributed by atoms with Crippen LogP contribution >= 0.6 is 0 Å². The number of hydrogen-bond acceptors (Lipinski definition) is 7. The second kappa shape index (κ2) is 8.43. The summed E-state index contributed by atoms with van der Waals surface area (Å²) in [5, 5.41) is 26.1. The number of nitro groups is 1. The van der Waals surface area contributed by atoms with Crippen molar-refractivity contribution in [3.05, 3.63) is 69.8 Å². The van der Waals surface area contributed by atoms with Gasteiger partial charge >= 0.3 is 0 Å². The Bertz CT molecular complexity index is 903. The van der Waals surface area contributed by atoms with Gasteiger partial charge in [-0.3, -0.25) is 19.7 Å². The summed E-state index contributed by atoms with van der Waals surface area (Å²) < 4.78 is 4.93. The highest BCUT2D eigenvalue weighted by Gasteiger charge is 2.18. The molecule has 0 saturated carbocycles. The van der Waals surface area contributed by atoms with Crippen molar-refractivity contribution in [1.29, 1.82) is 0 Å². The van der Waals surface area contributed by atoms with Crippen molar-refractivity contribution in [2.45, 2.75) is 13.0 Å². The number of amides is 2. The largest absolute Gasteiger partial charge is 0.548 e. The number of carbonyl (C=O) groups excluding carboxylic acids is 3. The Morgan fingerprint density at radius 2 is 1.96 bits per heavy atom. The highest BCUT2D eigenvalue weighted by molar-refractivity contribution is 6.05. The van der Waals surface area contributed by atoms with E-state index in [-0.39, 0.29) is 22.7 Å².